The maximum absolute atomic E-state index is 12.6. The van der Waals surface area contributed by atoms with E-state index in [0.29, 0.717) is 5.02 Å². The second-order valence-electron chi connectivity index (χ2n) is 7.36. The fourth-order valence-corrected chi connectivity index (χ4v) is 4.91. The Balaban J connectivity index is 1.48. The third-order valence-corrected chi connectivity index (χ3v) is 7.26. The molecule has 2 heterocycles. The molecule has 0 bridgehead atoms. The Morgan fingerprint density at radius 2 is 1.86 bits per heavy atom. The van der Waals surface area contributed by atoms with Crippen molar-refractivity contribution in [1.82, 2.24) is 14.8 Å². The maximum Gasteiger partial charge on any atom is 0.238 e. The van der Waals surface area contributed by atoms with Crippen LogP contribution in [-0.4, -0.2) is 67.6 Å². The van der Waals surface area contributed by atoms with E-state index in [2.05, 4.69) is 9.88 Å². The quantitative estimate of drug-likeness (QED) is 0.668. The van der Waals surface area contributed by atoms with Crippen LogP contribution in [-0.2, 0) is 21.1 Å². The minimum atomic E-state index is -3.68. The molecule has 1 aromatic heterocycles. The molecule has 0 unspecified atom stereocenters. The van der Waals surface area contributed by atoms with Gasteiger partial charge in [-0.3, -0.25) is 9.78 Å². The van der Waals surface area contributed by atoms with E-state index in [9.17, 15) is 13.2 Å². The number of piperidine rings is 1. The summed E-state index contributed by atoms with van der Waals surface area (Å²) in [6, 6.07) is 11.9. The molecular weight excluding hydrogens is 410 g/mol. The molecule has 0 saturated carbocycles. The summed E-state index contributed by atoms with van der Waals surface area (Å²) >= 11 is 5.81. The Labute approximate surface area is 177 Å². The molecule has 6 nitrogen and oxygen atoms in total. The number of benzene rings is 1. The summed E-state index contributed by atoms with van der Waals surface area (Å²) in [6.07, 6.45) is 4.39. The van der Waals surface area contributed by atoms with E-state index in [1.807, 2.05) is 18.2 Å². The SMILES string of the molecule is CN(C(=O)CS(=O)(=O)c1ccc(Cl)cc1)C1CCN(CCc2ccccn2)CC1. The van der Waals surface area contributed by atoms with Crippen LogP contribution in [0.25, 0.3) is 0 Å². The van der Waals surface area contributed by atoms with E-state index in [1.54, 1.807) is 18.1 Å². The molecule has 0 spiro atoms. The van der Waals surface area contributed by atoms with Gasteiger partial charge < -0.3 is 9.80 Å². The second-order valence-corrected chi connectivity index (χ2v) is 9.79. The summed E-state index contributed by atoms with van der Waals surface area (Å²) in [5.74, 6) is -0.891. The van der Waals surface area contributed by atoms with Crippen molar-refractivity contribution in [3.05, 3.63) is 59.4 Å². The molecular formula is C21H26ClN3O3S. The predicted octanol–water partition coefficient (Wildman–Crippen LogP) is 2.67. The van der Waals surface area contributed by atoms with Gasteiger partial charge in [0.1, 0.15) is 5.75 Å². The van der Waals surface area contributed by atoms with Crippen molar-refractivity contribution in [2.45, 2.75) is 30.2 Å². The van der Waals surface area contributed by atoms with Crippen molar-refractivity contribution >= 4 is 27.3 Å². The normalized spacial score (nSPS) is 15.9. The van der Waals surface area contributed by atoms with Crippen LogP contribution in [0, 0.1) is 0 Å². The largest absolute Gasteiger partial charge is 0.342 e. The highest BCUT2D eigenvalue weighted by atomic mass is 35.5. The van der Waals surface area contributed by atoms with Crippen LogP contribution >= 0.6 is 11.6 Å². The number of likely N-dealkylation sites (tertiary alicyclic amines) is 1. The molecule has 8 heteroatoms. The molecule has 0 aliphatic carbocycles. The Bertz CT molecular complexity index is 912. The summed E-state index contributed by atoms with van der Waals surface area (Å²) < 4.78 is 25.0. The Kier molecular flexibility index (Phi) is 7.27. The third kappa shape index (κ3) is 6.01. The summed E-state index contributed by atoms with van der Waals surface area (Å²) in [4.78, 5) is 21.0. The van der Waals surface area contributed by atoms with Gasteiger partial charge in [-0.25, -0.2) is 8.42 Å². The van der Waals surface area contributed by atoms with Gasteiger partial charge in [0, 0.05) is 56.1 Å². The molecule has 1 aliphatic rings. The van der Waals surface area contributed by atoms with Crippen LogP contribution in [0.2, 0.25) is 5.02 Å². The smallest absolute Gasteiger partial charge is 0.238 e. The van der Waals surface area contributed by atoms with Crippen molar-refractivity contribution < 1.29 is 13.2 Å². The number of hydrogen-bond donors (Lipinski definition) is 0. The highest BCUT2D eigenvalue weighted by molar-refractivity contribution is 7.92. The number of hydrogen-bond acceptors (Lipinski definition) is 5. The van der Waals surface area contributed by atoms with Crippen LogP contribution < -0.4 is 0 Å². The fourth-order valence-electron chi connectivity index (χ4n) is 3.54. The molecule has 1 amide bonds. The average Bonchev–Trinajstić information content (AvgIpc) is 2.73. The Morgan fingerprint density at radius 1 is 1.17 bits per heavy atom. The van der Waals surface area contributed by atoms with E-state index < -0.39 is 15.6 Å². The van der Waals surface area contributed by atoms with Crippen LogP contribution in [0.4, 0.5) is 0 Å². The van der Waals surface area contributed by atoms with Crippen LogP contribution in [0.5, 0.6) is 0 Å². The number of amides is 1. The number of halogens is 1. The van der Waals surface area contributed by atoms with E-state index >= 15 is 0 Å². The maximum atomic E-state index is 12.6. The first kappa shape index (κ1) is 21.7. The van der Waals surface area contributed by atoms with Crippen molar-refractivity contribution in [3.63, 3.8) is 0 Å². The van der Waals surface area contributed by atoms with Gasteiger partial charge in [0.05, 0.1) is 4.90 Å². The lowest BCUT2D eigenvalue weighted by molar-refractivity contribution is -0.130. The van der Waals surface area contributed by atoms with Crippen LogP contribution in [0.1, 0.15) is 18.5 Å². The van der Waals surface area contributed by atoms with E-state index in [-0.39, 0.29) is 16.8 Å². The molecule has 0 radical (unpaired) electrons. The average molecular weight is 436 g/mol. The molecule has 29 heavy (non-hydrogen) atoms. The molecule has 156 valence electrons. The molecule has 1 fully saturated rings. The zero-order chi connectivity index (χ0) is 20.9. The number of sulfone groups is 1. The Morgan fingerprint density at radius 3 is 2.48 bits per heavy atom. The molecule has 1 saturated heterocycles. The van der Waals surface area contributed by atoms with Crippen LogP contribution in [0.3, 0.4) is 0 Å². The first-order valence-electron chi connectivity index (χ1n) is 9.71. The summed E-state index contributed by atoms with van der Waals surface area (Å²) in [7, 11) is -1.97. The number of aromatic nitrogens is 1. The van der Waals surface area contributed by atoms with E-state index in [0.717, 1.165) is 44.6 Å². The van der Waals surface area contributed by atoms with Crippen LogP contribution in [0.15, 0.2) is 53.6 Å². The molecule has 0 atom stereocenters. The minimum absolute atomic E-state index is 0.0639. The summed E-state index contributed by atoms with van der Waals surface area (Å²) in [5, 5.41) is 0.460. The molecule has 3 rings (SSSR count). The second kappa shape index (κ2) is 9.69. The Hall–Kier alpha value is -1.96. The van der Waals surface area contributed by atoms with Crippen molar-refractivity contribution in [2.75, 3.05) is 32.4 Å². The fraction of sp³-hybridized carbons (Fsp3) is 0.429. The number of carbonyl (C=O) groups is 1. The van der Waals surface area contributed by atoms with Gasteiger partial charge in [0.2, 0.25) is 5.91 Å². The minimum Gasteiger partial charge on any atom is -0.342 e. The highest BCUT2D eigenvalue weighted by Crippen LogP contribution is 2.19. The van der Waals surface area contributed by atoms with Gasteiger partial charge in [-0.05, 0) is 49.2 Å². The number of rotatable bonds is 7. The summed E-state index contributed by atoms with van der Waals surface area (Å²) in [6.45, 7) is 2.71. The highest BCUT2D eigenvalue weighted by Gasteiger charge is 2.28. The number of nitrogens with zero attached hydrogens (tertiary/aromatic N) is 3. The number of pyridine rings is 1. The first-order chi connectivity index (χ1) is 13.8. The van der Waals surface area contributed by atoms with E-state index in [1.165, 1.54) is 24.3 Å². The first-order valence-corrected chi connectivity index (χ1v) is 11.7. The van der Waals surface area contributed by atoms with Crippen molar-refractivity contribution in [3.8, 4) is 0 Å². The van der Waals surface area contributed by atoms with Gasteiger partial charge in [-0.2, -0.15) is 0 Å². The molecule has 1 aliphatic heterocycles. The van der Waals surface area contributed by atoms with Crippen molar-refractivity contribution in [2.24, 2.45) is 0 Å². The van der Waals surface area contributed by atoms with E-state index in [4.69, 9.17) is 11.6 Å². The predicted molar refractivity (Wildman–Crippen MR) is 114 cm³/mol. The van der Waals surface area contributed by atoms with Gasteiger partial charge in [0.15, 0.2) is 9.84 Å². The lowest BCUT2D eigenvalue weighted by Crippen LogP contribution is -2.47. The zero-order valence-corrected chi connectivity index (χ0v) is 18.1. The third-order valence-electron chi connectivity index (χ3n) is 5.39. The monoisotopic (exact) mass is 435 g/mol. The summed E-state index contributed by atoms with van der Waals surface area (Å²) in [5.41, 5.74) is 1.08. The lowest BCUT2D eigenvalue weighted by Gasteiger charge is -2.36. The molecule has 1 aromatic carbocycles. The van der Waals surface area contributed by atoms with Gasteiger partial charge in [0.25, 0.3) is 0 Å². The van der Waals surface area contributed by atoms with Gasteiger partial charge in [-0.15, -0.1) is 0 Å². The standard InChI is InChI=1S/C21H26ClN3O3S/c1-24(21(26)16-29(27,28)20-7-5-17(22)6-8-20)19-10-14-25(15-11-19)13-9-18-4-2-3-12-23-18/h2-8,12,19H,9-11,13-16H2,1H3. The number of carbonyl (C=O) groups excluding carboxylic acids is 1. The lowest BCUT2D eigenvalue weighted by atomic mass is 10.0. The molecule has 2 aromatic rings. The van der Waals surface area contributed by atoms with Crippen molar-refractivity contribution in [1.29, 1.82) is 0 Å². The van der Waals surface area contributed by atoms with Gasteiger partial charge >= 0.3 is 0 Å². The topological polar surface area (TPSA) is 70.6 Å². The van der Waals surface area contributed by atoms with Gasteiger partial charge in [-0.1, -0.05) is 17.7 Å². The zero-order valence-electron chi connectivity index (χ0n) is 16.5. The molecule has 0 N–H and O–H groups in total.